The van der Waals surface area contributed by atoms with Gasteiger partial charge < -0.3 is 4.79 Å². The summed E-state index contributed by atoms with van der Waals surface area (Å²) < 4.78 is 36.6. The largest absolute Gasteiger partial charge is 0.417 e. The highest BCUT2D eigenvalue weighted by molar-refractivity contribution is 9.11. The highest BCUT2D eigenvalue weighted by Gasteiger charge is 2.35. The summed E-state index contributed by atoms with van der Waals surface area (Å²) in [6.07, 6.45) is -1.42. The van der Waals surface area contributed by atoms with E-state index in [0.717, 1.165) is 6.08 Å². The van der Waals surface area contributed by atoms with Gasteiger partial charge >= 0.3 is 6.18 Å². The lowest BCUT2D eigenvalue weighted by atomic mass is 9.98. The molecular formula is C8H6BrF3O. The lowest BCUT2D eigenvalue weighted by Gasteiger charge is -2.16. The highest BCUT2D eigenvalue weighted by Crippen LogP contribution is 2.37. The molecule has 0 aliphatic heterocycles. The summed E-state index contributed by atoms with van der Waals surface area (Å²) in [4.78, 5) is 10.3. The molecular weight excluding hydrogens is 249 g/mol. The zero-order valence-electron chi connectivity index (χ0n) is 6.44. The summed E-state index contributed by atoms with van der Waals surface area (Å²) in [6.45, 7) is 0. The topological polar surface area (TPSA) is 17.1 Å². The van der Waals surface area contributed by atoms with Crippen molar-refractivity contribution in [3.8, 4) is 0 Å². The van der Waals surface area contributed by atoms with Crippen LogP contribution in [0.3, 0.4) is 0 Å². The van der Waals surface area contributed by atoms with E-state index in [-0.39, 0.29) is 10.9 Å². The molecule has 0 bridgehead atoms. The zero-order chi connectivity index (χ0) is 10.1. The molecule has 0 saturated heterocycles. The molecule has 1 aliphatic rings. The van der Waals surface area contributed by atoms with E-state index < -0.39 is 17.7 Å². The van der Waals surface area contributed by atoms with E-state index in [4.69, 9.17) is 0 Å². The predicted octanol–water partition coefficient (Wildman–Crippen LogP) is 2.97. The van der Waals surface area contributed by atoms with Gasteiger partial charge in [0.05, 0.1) is 5.57 Å². The van der Waals surface area contributed by atoms with Crippen LogP contribution in [-0.2, 0) is 4.79 Å². The van der Waals surface area contributed by atoms with E-state index >= 15 is 0 Å². The Morgan fingerprint density at radius 2 is 2.15 bits per heavy atom. The van der Waals surface area contributed by atoms with Gasteiger partial charge in [-0.15, -0.1) is 0 Å². The van der Waals surface area contributed by atoms with Crippen molar-refractivity contribution in [2.45, 2.75) is 12.6 Å². The second kappa shape index (κ2) is 3.65. The van der Waals surface area contributed by atoms with E-state index in [1.54, 1.807) is 0 Å². The molecule has 0 spiro atoms. The molecule has 1 unspecified atom stereocenters. The Hall–Kier alpha value is -0.580. The monoisotopic (exact) mass is 254 g/mol. The van der Waals surface area contributed by atoms with Crippen molar-refractivity contribution in [3.63, 3.8) is 0 Å². The number of allylic oxidation sites excluding steroid dienone is 4. The van der Waals surface area contributed by atoms with Crippen molar-refractivity contribution in [1.29, 1.82) is 0 Å². The highest BCUT2D eigenvalue weighted by atomic mass is 79.9. The molecule has 13 heavy (non-hydrogen) atoms. The van der Waals surface area contributed by atoms with Gasteiger partial charge in [-0.05, 0) is 6.42 Å². The van der Waals surface area contributed by atoms with Crippen LogP contribution < -0.4 is 0 Å². The van der Waals surface area contributed by atoms with Gasteiger partial charge in [0.1, 0.15) is 6.29 Å². The van der Waals surface area contributed by atoms with Gasteiger partial charge in [-0.3, -0.25) is 0 Å². The lowest BCUT2D eigenvalue weighted by Crippen LogP contribution is -2.15. The molecule has 1 aliphatic carbocycles. The minimum atomic E-state index is -4.34. The van der Waals surface area contributed by atoms with Gasteiger partial charge in [-0.1, -0.05) is 28.1 Å². The van der Waals surface area contributed by atoms with Crippen molar-refractivity contribution >= 4 is 22.2 Å². The van der Waals surface area contributed by atoms with E-state index in [2.05, 4.69) is 15.9 Å². The number of carbonyl (C=O) groups excluding carboxylic acids is 1. The second-order valence-corrected chi connectivity index (χ2v) is 3.64. The number of carbonyl (C=O) groups is 1. The summed E-state index contributed by atoms with van der Waals surface area (Å²) >= 11 is 2.82. The van der Waals surface area contributed by atoms with Gasteiger partial charge in [0.15, 0.2) is 0 Å². The molecule has 0 saturated carbocycles. The van der Waals surface area contributed by atoms with Crippen LogP contribution in [0.4, 0.5) is 13.2 Å². The Kier molecular flexibility index (Phi) is 2.95. The molecule has 0 N–H and O–H groups in total. The minimum absolute atomic E-state index is 0.0413. The van der Waals surface area contributed by atoms with Crippen LogP contribution in [0.25, 0.3) is 0 Å². The normalized spacial score (nSPS) is 23.5. The average Bonchev–Trinajstić information content (AvgIpc) is 2.01. The fourth-order valence-electron chi connectivity index (χ4n) is 1.04. The third kappa shape index (κ3) is 2.43. The quantitative estimate of drug-likeness (QED) is 0.658. The van der Waals surface area contributed by atoms with E-state index in [1.165, 1.54) is 6.08 Å². The van der Waals surface area contributed by atoms with Crippen molar-refractivity contribution in [1.82, 2.24) is 0 Å². The standard InChI is InChI=1S/C8H6BrF3O/c9-7-3-5(4-13)1-2-6(7)8(10,11)12/h1-2,4-5H,3H2. The molecule has 5 heteroatoms. The number of aldehydes is 1. The third-order valence-corrected chi connectivity index (χ3v) is 2.45. The van der Waals surface area contributed by atoms with Gasteiger partial charge in [0.25, 0.3) is 0 Å². The van der Waals surface area contributed by atoms with Crippen molar-refractivity contribution in [2.75, 3.05) is 0 Å². The maximum atomic E-state index is 12.2. The molecule has 0 aromatic rings. The van der Waals surface area contributed by atoms with E-state index in [9.17, 15) is 18.0 Å². The first-order chi connectivity index (χ1) is 5.95. The molecule has 0 fully saturated rings. The van der Waals surface area contributed by atoms with Gasteiger partial charge in [-0.25, -0.2) is 0 Å². The number of rotatable bonds is 1. The Labute approximate surface area is 81.4 Å². The second-order valence-electron chi connectivity index (χ2n) is 2.68. The summed E-state index contributed by atoms with van der Waals surface area (Å²) in [6, 6.07) is 0. The van der Waals surface area contributed by atoms with Crippen LogP contribution >= 0.6 is 15.9 Å². The predicted molar refractivity (Wildman–Crippen MR) is 45.3 cm³/mol. The van der Waals surface area contributed by atoms with Crippen molar-refractivity contribution in [3.05, 3.63) is 22.2 Å². The summed E-state index contributed by atoms with van der Waals surface area (Å²) in [5, 5.41) is 0. The Morgan fingerprint density at radius 3 is 2.54 bits per heavy atom. The maximum Gasteiger partial charge on any atom is 0.417 e. The van der Waals surface area contributed by atoms with Gasteiger partial charge in [0, 0.05) is 10.4 Å². The summed E-state index contributed by atoms with van der Waals surface area (Å²) in [5.41, 5.74) is -0.703. The molecule has 0 aromatic carbocycles. The van der Waals surface area contributed by atoms with Gasteiger partial charge in [-0.2, -0.15) is 13.2 Å². The first kappa shape index (κ1) is 10.5. The first-order valence-electron chi connectivity index (χ1n) is 3.54. The Bertz CT molecular complexity index is 278. The summed E-state index contributed by atoms with van der Waals surface area (Å²) in [7, 11) is 0. The van der Waals surface area contributed by atoms with Crippen LogP contribution in [-0.4, -0.2) is 12.5 Å². The number of alkyl halides is 3. The minimum Gasteiger partial charge on any atom is -0.303 e. The Balaban J connectivity index is 2.91. The van der Waals surface area contributed by atoms with E-state index in [0.29, 0.717) is 6.29 Å². The summed E-state index contributed by atoms with van der Waals surface area (Å²) in [5.74, 6) is -0.444. The Morgan fingerprint density at radius 1 is 1.54 bits per heavy atom. The smallest absolute Gasteiger partial charge is 0.303 e. The molecule has 72 valence electrons. The fraction of sp³-hybridized carbons (Fsp3) is 0.375. The molecule has 0 aromatic heterocycles. The van der Waals surface area contributed by atoms with E-state index in [1.807, 2.05) is 0 Å². The zero-order valence-corrected chi connectivity index (χ0v) is 8.02. The van der Waals surface area contributed by atoms with Crippen molar-refractivity contribution < 1.29 is 18.0 Å². The number of halogens is 4. The molecule has 1 atom stereocenters. The number of hydrogen-bond acceptors (Lipinski definition) is 1. The molecule has 1 rings (SSSR count). The van der Waals surface area contributed by atoms with Gasteiger partial charge in [0.2, 0.25) is 0 Å². The SMILES string of the molecule is O=CC1C=CC(C(F)(F)F)=C(Br)C1. The first-order valence-corrected chi connectivity index (χ1v) is 4.34. The molecule has 0 amide bonds. The van der Waals surface area contributed by atoms with Crippen molar-refractivity contribution in [2.24, 2.45) is 5.92 Å². The molecule has 1 nitrogen and oxygen atoms in total. The van der Waals surface area contributed by atoms with Crippen LogP contribution in [0.5, 0.6) is 0 Å². The molecule has 0 radical (unpaired) electrons. The van der Waals surface area contributed by atoms with Crippen LogP contribution in [0.2, 0.25) is 0 Å². The van der Waals surface area contributed by atoms with Crippen LogP contribution in [0.1, 0.15) is 6.42 Å². The lowest BCUT2D eigenvalue weighted by molar-refractivity contribution is -0.110. The van der Waals surface area contributed by atoms with Crippen LogP contribution in [0, 0.1) is 5.92 Å². The average molecular weight is 255 g/mol. The number of hydrogen-bond donors (Lipinski definition) is 0. The fourth-order valence-corrected chi connectivity index (χ4v) is 1.77. The maximum absolute atomic E-state index is 12.2. The third-order valence-electron chi connectivity index (χ3n) is 1.70. The van der Waals surface area contributed by atoms with Crippen LogP contribution in [0.15, 0.2) is 22.2 Å². The molecule has 0 heterocycles.